The Morgan fingerprint density at radius 2 is 1.88 bits per heavy atom. The summed E-state index contributed by atoms with van der Waals surface area (Å²) in [5.41, 5.74) is 6.32. The minimum atomic E-state index is -0.305. The van der Waals surface area contributed by atoms with E-state index in [0.29, 0.717) is 23.9 Å². The lowest BCUT2D eigenvalue weighted by Gasteiger charge is -2.13. The molecular weight excluding hydrogens is 327 g/mol. The molecule has 0 amide bonds. The first kappa shape index (κ1) is 16.4. The van der Waals surface area contributed by atoms with Crippen molar-refractivity contribution >= 4 is 17.7 Å². The lowest BCUT2D eigenvalue weighted by Crippen LogP contribution is -2.03. The van der Waals surface area contributed by atoms with Crippen molar-refractivity contribution in [1.29, 1.82) is 0 Å². The van der Waals surface area contributed by atoms with E-state index in [1.807, 2.05) is 20.8 Å². The van der Waals surface area contributed by atoms with Crippen LogP contribution in [0.25, 0.3) is 11.4 Å². The molecule has 1 aliphatic heterocycles. The van der Waals surface area contributed by atoms with Crippen LogP contribution in [0.15, 0.2) is 41.5 Å². The van der Waals surface area contributed by atoms with Crippen LogP contribution in [0.1, 0.15) is 27.8 Å². The highest BCUT2D eigenvalue weighted by Gasteiger charge is 2.14. The number of aliphatic imine (C=N–C) groups is 1. The van der Waals surface area contributed by atoms with Crippen molar-refractivity contribution in [2.45, 2.75) is 27.3 Å². The van der Waals surface area contributed by atoms with Gasteiger partial charge in [0.25, 0.3) is 0 Å². The monoisotopic (exact) mass is 346 g/mol. The van der Waals surface area contributed by atoms with Gasteiger partial charge in [-0.2, -0.15) is 0 Å². The summed E-state index contributed by atoms with van der Waals surface area (Å²) < 4.78 is 14.4. The quantitative estimate of drug-likeness (QED) is 0.735. The zero-order valence-corrected chi connectivity index (χ0v) is 15.0. The molecule has 0 atom stereocenters. The SMILES string of the molecule is Cc1ccc(C)c(-c2ncc(C)c(Nc3cc4c(cc3F)CN=C4)n2)c1. The summed E-state index contributed by atoms with van der Waals surface area (Å²) in [6.07, 6.45) is 3.54. The van der Waals surface area contributed by atoms with Crippen LogP contribution in [0.4, 0.5) is 15.9 Å². The van der Waals surface area contributed by atoms with Crippen LogP contribution >= 0.6 is 0 Å². The average molecular weight is 346 g/mol. The van der Waals surface area contributed by atoms with E-state index >= 15 is 0 Å². The molecule has 0 radical (unpaired) electrons. The molecule has 0 saturated carbocycles. The summed E-state index contributed by atoms with van der Waals surface area (Å²) in [7, 11) is 0. The molecule has 1 aromatic heterocycles. The fourth-order valence-corrected chi connectivity index (χ4v) is 3.03. The molecule has 0 bridgehead atoms. The number of hydrogen-bond donors (Lipinski definition) is 1. The van der Waals surface area contributed by atoms with E-state index in [0.717, 1.165) is 33.4 Å². The van der Waals surface area contributed by atoms with Crippen molar-refractivity contribution < 1.29 is 4.39 Å². The summed E-state index contributed by atoms with van der Waals surface area (Å²) in [5, 5.41) is 3.13. The number of hydrogen-bond acceptors (Lipinski definition) is 4. The van der Waals surface area contributed by atoms with E-state index in [4.69, 9.17) is 0 Å². The van der Waals surface area contributed by atoms with Gasteiger partial charge in [-0.25, -0.2) is 14.4 Å². The van der Waals surface area contributed by atoms with E-state index in [9.17, 15) is 4.39 Å². The van der Waals surface area contributed by atoms with Gasteiger partial charge in [0.1, 0.15) is 11.6 Å². The molecule has 0 unspecified atom stereocenters. The topological polar surface area (TPSA) is 50.2 Å². The average Bonchev–Trinajstić information content (AvgIpc) is 3.06. The van der Waals surface area contributed by atoms with Gasteiger partial charge in [0.15, 0.2) is 5.82 Å². The zero-order valence-electron chi connectivity index (χ0n) is 15.0. The summed E-state index contributed by atoms with van der Waals surface area (Å²) in [4.78, 5) is 13.3. The minimum absolute atomic E-state index is 0.305. The maximum absolute atomic E-state index is 14.4. The van der Waals surface area contributed by atoms with Gasteiger partial charge in [-0.1, -0.05) is 17.7 Å². The van der Waals surface area contributed by atoms with Crippen molar-refractivity contribution in [3.05, 3.63) is 70.2 Å². The highest BCUT2D eigenvalue weighted by atomic mass is 19.1. The van der Waals surface area contributed by atoms with Gasteiger partial charge in [-0.05, 0) is 55.7 Å². The van der Waals surface area contributed by atoms with Crippen LogP contribution in [0, 0.1) is 26.6 Å². The van der Waals surface area contributed by atoms with Crippen molar-refractivity contribution in [3.8, 4) is 11.4 Å². The summed E-state index contributed by atoms with van der Waals surface area (Å²) in [5.74, 6) is 0.924. The van der Waals surface area contributed by atoms with Crippen LogP contribution in [0.3, 0.4) is 0 Å². The van der Waals surface area contributed by atoms with Gasteiger partial charge in [0.05, 0.1) is 12.2 Å². The Hall–Kier alpha value is -3.08. The molecule has 4 rings (SSSR count). The normalized spacial score (nSPS) is 12.3. The number of nitrogens with zero attached hydrogens (tertiary/aromatic N) is 3. The molecule has 5 heteroatoms. The fourth-order valence-electron chi connectivity index (χ4n) is 3.03. The number of benzene rings is 2. The molecule has 26 heavy (non-hydrogen) atoms. The zero-order chi connectivity index (χ0) is 18.3. The third-order valence-electron chi connectivity index (χ3n) is 4.58. The van der Waals surface area contributed by atoms with E-state index in [1.54, 1.807) is 18.5 Å². The lowest BCUT2D eigenvalue weighted by atomic mass is 10.0. The Labute approximate surface area is 151 Å². The van der Waals surface area contributed by atoms with E-state index in [1.165, 1.54) is 6.07 Å². The van der Waals surface area contributed by atoms with Gasteiger partial charge in [-0.15, -0.1) is 0 Å². The van der Waals surface area contributed by atoms with Crippen LogP contribution < -0.4 is 5.32 Å². The van der Waals surface area contributed by atoms with E-state index in [-0.39, 0.29) is 5.82 Å². The minimum Gasteiger partial charge on any atom is -0.337 e. The molecule has 2 aromatic carbocycles. The van der Waals surface area contributed by atoms with Crippen molar-refractivity contribution in [2.24, 2.45) is 4.99 Å². The van der Waals surface area contributed by atoms with Crippen LogP contribution in [0.5, 0.6) is 0 Å². The highest BCUT2D eigenvalue weighted by molar-refractivity contribution is 5.86. The van der Waals surface area contributed by atoms with Crippen LogP contribution in [-0.4, -0.2) is 16.2 Å². The number of rotatable bonds is 3. The van der Waals surface area contributed by atoms with Crippen molar-refractivity contribution in [3.63, 3.8) is 0 Å². The van der Waals surface area contributed by atoms with Gasteiger partial charge < -0.3 is 5.32 Å². The van der Waals surface area contributed by atoms with Gasteiger partial charge in [0, 0.05) is 23.5 Å². The summed E-state index contributed by atoms with van der Waals surface area (Å²) >= 11 is 0. The first-order valence-corrected chi connectivity index (χ1v) is 8.52. The first-order valence-electron chi connectivity index (χ1n) is 8.52. The molecule has 1 aliphatic rings. The fraction of sp³-hybridized carbons (Fsp3) is 0.190. The second kappa shape index (κ2) is 6.33. The van der Waals surface area contributed by atoms with E-state index < -0.39 is 0 Å². The van der Waals surface area contributed by atoms with E-state index in [2.05, 4.69) is 38.5 Å². The van der Waals surface area contributed by atoms with Crippen LogP contribution in [0.2, 0.25) is 0 Å². The number of anilines is 2. The molecule has 3 aromatic rings. The Morgan fingerprint density at radius 1 is 1.04 bits per heavy atom. The number of fused-ring (bicyclic) bond motifs is 1. The second-order valence-electron chi connectivity index (χ2n) is 6.67. The van der Waals surface area contributed by atoms with Crippen molar-refractivity contribution in [1.82, 2.24) is 9.97 Å². The molecule has 130 valence electrons. The molecule has 1 N–H and O–H groups in total. The van der Waals surface area contributed by atoms with Gasteiger partial charge in [0.2, 0.25) is 0 Å². The maximum atomic E-state index is 14.4. The Morgan fingerprint density at radius 3 is 2.73 bits per heavy atom. The lowest BCUT2D eigenvalue weighted by molar-refractivity contribution is 0.629. The second-order valence-corrected chi connectivity index (χ2v) is 6.67. The number of halogens is 1. The molecule has 0 spiro atoms. The molecule has 2 heterocycles. The summed E-state index contributed by atoms with van der Waals surface area (Å²) in [6, 6.07) is 9.50. The Kier molecular flexibility index (Phi) is 3.99. The maximum Gasteiger partial charge on any atom is 0.161 e. The highest BCUT2D eigenvalue weighted by Crippen LogP contribution is 2.28. The molecule has 0 saturated heterocycles. The standard InChI is InChI=1S/C21H19FN4/c1-12-4-5-13(2)17(6-12)21-24-9-14(3)20(26-21)25-19-8-16-11-23-10-15(16)7-18(19)22/h4-9,11H,10H2,1-3H3,(H,24,25,26). The predicted molar refractivity (Wildman–Crippen MR) is 103 cm³/mol. The van der Waals surface area contributed by atoms with Gasteiger partial charge >= 0.3 is 0 Å². The molecule has 0 aliphatic carbocycles. The predicted octanol–water partition coefficient (Wildman–Crippen LogP) is 4.88. The molecule has 0 fully saturated rings. The third-order valence-corrected chi connectivity index (χ3v) is 4.58. The number of aryl methyl sites for hydroxylation is 3. The van der Waals surface area contributed by atoms with Crippen molar-refractivity contribution in [2.75, 3.05) is 5.32 Å². The summed E-state index contributed by atoms with van der Waals surface area (Å²) in [6.45, 7) is 6.51. The molecular formula is C21H19FN4. The first-order chi connectivity index (χ1) is 12.5. The smallest absolute Gasteiger partial charge is 0.161 e. The Bertz CT molecular complexity index is 1040. The van der Waals surface area contributed by atoms with Gasteiger partial charge in [-0.3, -0.25) is 4.99 Å². The number of aromatic nitrogens is 2. The molecule has 4 nitrogen and oxygen atoms in total. The Balaban J connectivity index is 1.74. The third kappa shape index (κ3) is 2.96. The largest absolute Gasteiger partial charge is 0.337 e. The van der Waals surface area contributed by atoms with Crippen LogP contribution in [-0.2, 0) is 6.54 Å². The number of nitrogens with one attached hydrogen (secondary N) is 1.